The molecule has 4 saturated heterocycles. The van der Waals surface area contributed by atoms with Crippen molar-refractivity contribution in [3.05, 3.63) is 143 Å². The summed E-state index contributed by atoms with van der Waals surface area (Å²) in [7, 11) is 2.58. The van der Waals surface area contributed by atoms with Crippen LogP contribution in [0.1, 0.15) is 116 Å². The summed E-state index contributed by atoms with van der Waals surface area (Å²) < 4.78 is 9.77. The number of H-pyrrole nitrogens is 2. The van der Waals surface area contributed by atoms with Crippen molar-refractivity contribution in [2.24, 2.45) is 0 Å². The van der Waals surface area contributed by atoms with Crippen LogP contribution in [0.4, 0.5) is 9.59 Å². The Labute approximate surface area is 388 Å². The predicted octanol–water partition coefficient (Wildman–Crippen LogP) is 8.62. The van der Waals surface area contributed by atoms with Crippen molar-refractivity contribution < 1.29 is 28.7 Å². The number of nitrogens with zero attached hydrogens (tertiary/aromatic N) is 5. The molecule has 3 unspecified atom stereocenters. The maximum atomic E-state index is 14.2. The third-order valence-corrected chi connectivity index (χ3v) is 14.9. The second-order valence-electron chi connectivity index (χ2n) is 18.6. The summed E-state index contributed by atoms with van der Waals surface area (Å²) in [5, 5.41) is 5.50. The summed E-state index contributed by atoms with van der Waals surface area (Å²) in [5.74, 6) is 1.04. The highest BCUT2D eigenvalue weighted by Gasteiger charge is 2.66. The minimum absolute atomic E-state index is 0.199. The number of benzene rings is 4. The molecule has 0 radical (unpaired) electrons. The van der Waals surface area contributed by atoms with E-state index in [-0.39, 0.29) is 29.4 Å². The van der Waals surface area contributed by atoms with Crippen LogP contribution >= 0.6 is 0 Å². The van der Waals surface area contributed by atoms with Gasteiger partial charge in [0.05, 0.1) is 50.1 Å². The molecule has 4 aromatic carbocycles. The average Bonchev–Trinajstić information content (AvgIpc) is 4.22. The van der Waals surface area contributed by atoms with Gasteiger partial charge in [0.15, 0.2) is 0 Å². The van der Waals surface area contributed by atoms with Gasteiger partial charge in [-0.25, -0.2) is 19.6 Å². The Balaban J connectivity index is 0.845. The smallest absolute Gasteiger partial charge is 0.407 e. The van der Waals surface area contributed by atoms with Gasteiger partial charge in [-0.2, -0.15) is 0 Å². The van der Waals surface area contributed by atoms with Gasteiger partial charge in [0, 0.05) is 36.3 Å². The van der Waals surface area contributed by atoms with Gasteiger partial charge in [0.1, 0.15) is 23.7 Å². The molecule has 5 aliphatic rings. The third-order valence-electron chi connectivity index (χ3n) is 14.9. The maximum absolute atomic E-state index is 14.2. The van der Waals surface area contributed by atoms with Gasteiger partial charge in [0.2, 0.25) is 0 Å². The average molecular weight is 900 g/mol. The number of alkyl carbamates (subject to hydrolysis) is 2. The highest BCUT2D eigenvalue weighted by Crippen LogP contribution is 2.71. The number of methoxy groups -OCH3 is 2. The van der Waals surface area contributed by atoms with E-state index in [1.807, 2.05) is 78.0 Å². The zero-order valence-electron chi connectivity index (χ0n) is 37.7. The Morgan fingerprint density at radius 2 is 1.07 bits per heavy atom. The number of aromatic amines is 2. The number of imidazole rings is 2. The van der Waals surface area contributed by atoms with Crippen molar-refractivity contribution >= 4 is 24.0 Å². The van der Waals surface area contributed by atoms with Gasteiger partial charge in [-0.05, 0) is 84.4 Å². The Hall–Kier alpha value is -7.26. The molecule has 0 spiro atoms. The van der Waals surface area contributed by atoms with Crippen LogP contribution in [0.2, 0.25) is 0 Å². The number of likely N-dealkylation sites (tertiary alicyclic amines) is 2. The number of aromatic nitrogens is 4. The molecule has 4 N–H and O–H groups in total. The zero-order chi connectivity index (χ0) is 46.0. The Kier molecular flexibility index (Phi) is 10.7. The standard InChI is InChI=1S/C52H53N9O6/c1-52-26-40-42-34(30-18-20-31(21-19-30)36-28-53-46(55-36)38-16-10-24-59(38)48(62)44(57-50(64)66-2)32-12-6-4-7-13-32)22-23-35(43(42)41(27-52)61(40)52)37-29-54-47(56-37)39-17-11-25-60(39)49(63)45(58-51(65)67-3)33-14-8-5-9-15-33/h4-9,12-15,18-23,28-29,38-41,44-45H,10-11,16-17,24-27H2,1-3H3,(H,53,55)(H,54,56)(H,57,64)(H,58,65)/t38-,39-,40?,41?,44-,45-,52?/m0/s1. The molecule has 7 atom stereocenters. The first kappa shape index (κ1) is 42.4. The molecule has 4 fully saturated rings. The summed E-state index contributed by atoms with van der Waals surface area (Å²) >= 11 is 0. The number of hydrogen-bond donors (Lipinski definition) is 4. The van der Waals surface area contributed by atoms with E-state index >= 15 is 0 Å². The van der Waals surface area contributed by atoms with Crippen molar-refractivity contribution in [3.8, 4) is 33.6 Å². The predicted molar refractivity (Wildman–Crippen MR) is 249 cm³/mol. The van der Waals surface area contributed by atoms with Crippen LogP contribution in [0.25, 0.3) is 33.6 Å². The van der Waals surface area contributed by atoms with E-state index in [0.717, 1.165) is 72.4 Å². The second kappa shape index (κ2) is 16.9. The monoisotopic (exact) mass is 899 g/mol. The van der Waals surface area contributed by atoms with Crippen LogP contribution in [0.5, 0.6) is 0 Å². The van der Waals surface area contributed by atoms with Crippen LogP contribution < -0.4 is 10.6 Å². The molecule has 5 aliphatic heterocycles. The summed E-state index contributed by atoms with van der Waals surface area (Å²) in [6.45, 7) is 3.48. The van der Waals surface area contributed by atoms with Gasteiger partial charge in [-0.15, -0.1) is 0 Å². The first-order valence-electron chi connectivity index (χ1n) is 23.2. The van der Waals surface area contributed by atoms with E-state index < -0.39 is 24.3 Å². The number of fused-ring (bicyclic) bond motifs is 3. The molecule has 0 saturated carbocycles. The fourth-order valence-electron chi connectivity index (χ4n) is 11.7. The van der Waals surface area contributed by atoms with Crippen molar-refractivity contribution in [1.82, 2.24) is 45.3 Å². The molecule has 0 aliphatic carbocycles. The van der Waals surface area contributed by atoms with Gasteiger partial charge >= 0.3 is 12.2 Å². The van der Waals surface area contributed by atoms with Crippen molar-refractivity contribution in [2.45, 2.75) is 87.2 Å². The number of piperidine rings is 1. The minimum atomic E-state index is -0.888. The van der Waals surface area contributed by atoms with Crippen molar-refractivity contribution in [3.63, 3.8) is 0 Å². The Bertz CT molecular complexity index is 2860. The third kappa shape index (κ3) is 7.23. The van der Waals surface area contributed by atoms with E-state index in [0.29, 0.717) is 42.1 Å². The van der Waals surface area contributed by atoms with Crippen LogP contribution in [0.15, 0.2) is 109 Å². The lowest BCUT2D eigenvalue weighted by atomic mass is 9.68. The Morgan fingerprint density at radius 3 is 1.58 bits per heavy atom. The van der Waals surface area contributed by atoms with Gasteiger partial charge in [0.25, 0.3) is 11.8 Å². The van der Waals surface area contributed by atoms with Crippen molar-refractivity contribution in [2.75, 3.05) is 27.3 Å². The number of hydrogen-bond acceptors (Lipinski definition) is 9. The second-order valence-corrected chi connectivity index (χ2v) is 18.6. The summed E-state index contributed by atoms with van der Waals surface area (Å²) in [5.41, 5.74) is 10.6. The van der Waals surface area contributed by atoms with Crippen LogP contribution in [-0.4, -0.2) is 91.5 Å². The molecule has 6 aromatic rings. The van der Waals surface area contributed by atoms with Crippen LogP contribution in [-0.2, 0) is 19.1 Å². The fraction of sp³-hybridized carbons (Fsp3) is 0.346. The molecule has 7 heterocycles. The maximum Gasteiger partial charge on any atom is 0.407 e. The quantitative estimate of drug-likeness (QED) is 0.0992. The number of rotatable bonds is 11. The molecule has 4 amide bonds. The molecule has 0 bridgehead atoms. The Morgan fingerprint density at radius 1 is 0.612 bits per heavy atom. The van der Waals surface area contributed by atoms with Crippen LogP contribution in [0.3, 0.4) is 0 Å². The number of ether oxygens (including phenoxy) is 2. The molecule has 2 aromatic heterocycles. The highest BCUT2D eigenvalue weighted by molar-refractivity contribution is 5.88. The highest BCUT2D eigenvalue weighted by atomic mass is 16.5. The van der Waals surface area contributed by atoms with E-state index in [2.05, 4.69) is 68.8 Å². The number of nitrogens with one attached hydrogen (secondary N) is 4. The topological polar surface area (TPSA) is 178 Å². The van der Waals surface area contributed by atoms with E-state index in [4.69, 9.17) is 19.4 Å². The molecule has 15 nitrogen and oxygen atoms in total. The molecule has 11 rings (SSSR count). The largest absolute Gasteiger partial charge is 0.453 e. The van der Waals surface area contributed by atoms with E-state index in [9.17, 15) is 19.2 Å². The van der Waals surface area contributed by atoms with Gasteiger partial charge in [-0.1, -0.05) is 97.1 Å². The summed E-state index contributed by atoms with van der Waals surface area (Å²) in [4.78, 5) is 76.2. The lowest BCUT2D eigenvalue weighted by Crippen LogP contribution is -2.66. The first-order chi connectivity index (χ1) is 32.6. The first-order valence-corrected chi connectivity index (χ1v) is 23.2. The molecule has 67 heavy (non-hydrogen) atoms. The normalized spacial score (nSPS) is 23.3. The summed E-state index contributed by atoms with van der Waals surface area (Å²) in [6.07, 6.45) is 7.78. The molecular weight excluding hydrogens is 847 g/mol. The number of carbonyl (C=O) groups excluding carboxylic acids is 4. The van der Waals surface area contributed by atoms with Crippen molar-refractivity contribution in [1.29, 1.82) is 0 Å². The SMILES string of the molecule is COC(=O)N[C@H](C(=O)N1CCC[C@H]1c1ncc(-c2ccc(-c3ccc(-c4cnc([C@@H]5CCCN5C(=O)[C@@H](NC(=O)OC)c5ccccc5)[nH]4)c4c3C3CC5(C)CC4N35)cc2)[nH]1)c1ccccc1. The minimum Gasteiger partial charge on any atom is -0.453 e. The molecule has 15 heteroatoms. The van der Waals surface area contributed by atoms with Gasteiger partial charge < -0.3 is 39.9 Å². The van der Waals surface area contributed by atoms with Crippen LogP contribution in [0, 0.1) is 0 Å². The van der Waals surface area contributed by atoms with E-state index in [1.165, 1.54) is 30.9 Å². The lowest BCUT2D eigenvalue weighted by molar-refractivity contribution is -0.177. The summed E-state index contributed by atoms with van der Waals surface area (Å²) in [6, 6.07) is 29.9. The molecular formula is C52H53N9O6. The number of carbonyl (C=O) groups is 4. The number of amides is 4. The van der Waals surface area contributed by atoms with Gasteiger partial charge in [-0.3, -0.25) is 14.5 Å². The lowest BCUT2D eigenvalue weighted by Gasteiger charge is -2.65. The molecule has 342 valence electrons. The van der Waals surface area contributed by atoms with E-state index in [1.54, 1.807) is 4.90 Å². The zero-order valence-corrected chi connectivity index (χ0v) is 37.7. The fourth-order valence-corrected chi connectivity index (χ4v) is 11.7.